The van der Waals surface area contributed by atoms with Crippen molar-refractivity contribution in [2.45, 2.75) is 19.4 Å². The molecule has 82 valence electrons. The summed E-state index contributed by atoms with van der Waals surface area (Å²) in [4.78, 5) is 10.8. The molecule has 0 aromatic carbocycles. The van der Waals surface area contributed by atoms with Crippen LogP contribution in [0.5, 0.6) is 0 Å². The SMILES string of the molecule is Cc1nccc(C2(C)CN(C)CCO2)n1. The highest BCUT2D eigenvalue weighted by Crippen LogP contribution is 2.26. The fraction of sp³-hybridized carbons (Fsp3) is 0.636. The van der Waals surface area contributed by atoms with Crippen molar-refractivity contribution in [2.24, 2.45) is 0 Å². The molecule has 0 radical (unpaired) electrons. The van der Waals surface area contributed by atoms with E-state index in [2.05, 4.69) is 28.8 Å². The molecule has 0 aliphatic carbocycles. The molecule has 0 bridgehead atoms. The highest BCUT2D eigenvalue weighted by molar-refractivity contribution is 5.12. The van der Waals surface area contributed by atoms with Crippen molar-refractivity contribution in [3.63, 3.8) is 0 Å². The molecule has 2 rings (SSSR count). The highest BCUT2D eigenvalue weighted by atomic mass is 16.5. The fourth-order valence-electron chi connectivity index (χ4n) is 1.97. The number of aromatic nitrogens is 2. The van der Waals surface area contributed by atoms with E-state index in [0.717, 1.165) is 31.2 Å². The molecule has 1 aliphatic rings. The van der Waals surface area contributed by atoms with E-state index in [9.17, 15) is 0 Å². The molecule has 2 heterocycles. The van der Waals surface area contributed by atoms with Gasteiger partial charge in [-0.05, 0) is 27.0 Å². The molecule has 1 aromatic heterocycles. The number of morpholine rings is 1. The predicted octanol–water partition coefficient (Wildman–Crippen LogP) is 0.962. The van der Waals surface area contributed by atoms with Crippen LogP contribution in [0, 0.1) is 6.92 Å². The summed E-state index contributed by atoms with van der Waals surface area (Å²) in [6, 6.07) is 1.94. The van der Waals surface area contributed by atoms with E-state index < -0.39 is 0 Å². The van der Waals surface area contributed by atoms with Gasteiger partial charge in [-0.1, -0.05) is 0 Å². The Kier molecular flexibility index (Phi) is 2.71. The maximum absolute atomic E-state index is 5.84. The molecule has 1 aromatic rings. The van der Waals surface area contributed by atoms with E-state index in [1.165, 1.54) is 0 Å². The average molecular weight is 207 g/mol. The molecule has 0 spiro atoms. The van der Waals surface area contributed by atoms with Crippen LogP contribution in [0.15, 0.2) is 12.3 Å². The van der Waals surface area contributed by atoms with Crippen molar-refractivity contribution in [3.8, 4) is 0 Å². The quantitative estimate of drug-likeness (QED) is 0.687. The summed E-state index contributed by atoms with van der Waals surface area (Å²) in [6.45, 7) is 6.61. The smallest absolute Gasteiger partial charge is 0.125 e. The van der Waals surface area contributed by atoms with E-state index >= 15 is 0 Å². The molecule has 1 unspecified atom stereocenters. The van der Waals surface area contributed by atoms with E-state index in [1.807, 2.05) is 13.0 Å². The van der Waals surface area contributed by atoms with Gasteiger partial charge in [0.25, 0.3) is 0 Å². The van der Waals surface area contributed by atoms with Crippen LogP contribution in [0.1, 0.15) is 18.4 Å². The molecule has 0 amide bonds. The van der Waals surface area contributed by atoms with Crippen LogP contribution in [0.25, 0.3) is 0 Å². The highest BCUT2D eigenvalue weighted by Gasteiger charge is 2.33. The molecule has 4 heteroatoms. The number of ether oxygens (including phenoxy) is 1. The number of nitrogens with zero attached hydrogens (tertiary/aromatic N) is 3. The molecule has 1 fully saturated rings. The molecule has 1 saturated heterocycles. The van der Waals surface area contributed by atoms with Gasteiger partial charge >= 0.3 is 0 Å². The summed E-state index contributed by atoms with van der Waals surface area (Å²) >= 11 is 0. The van der Waals surface area contributed by atoms with Gasteiger partial charge in [-0.15, -0.1) is 0 Å². The minimum atomic E-state index is -0.291. The maximum atomic E-state index is 5.84. The van der Waals surface area contributed by atoms with Crippen LogP contribution >= 0.6 is 0 Å². The van der Waals surface area contributed by atoms with Gasteiger partial charge in [0.1, 0.15) is 11.4 Å². The number of likely N-dealkylation sites (N-methyl/N-ethyl adjacent to an activating group) is 1. The van der Waals surface area contributed by atoms with Crippen LogP contribution in [-0.2, 0) is 10.3 Å². The topological polar surface area (TPSA) is 38.2 Å². The van der Waals surface area contributed by atoms with Crippen LogP contribution < -0.4 is 0 Å². The van der Waals surface area contributed by atoms with Crippen LogP contribution in [-0.4, -0.2) is 41.6 Å². The molecule has 0 N–H and O–H groups in total. The normalized spacial score (nSPS) is 27.9. The average Bonchev–Trinajstić information content (AvgIpc) is 2.17. The Bertz CT molecular complexity index is 355. The molecule has 1 aliphatic heterocycles. The maximum Gasteiger partial charge on any atom is 0.125 e. The van der Waals surface area contributed by atoms with Crippen molar-refractivity contribution < 1.29 is 4.74 Å². The Labute approximate surface area is 90.3 Å². The van der Waals surface area contributed by atoms with Crippen LogP contribution in [0.3, 0.4) is 0 Å². The lowest BCUT2D eigenvalue weighted by Gasteiger charge is -2.38. The van der Waals surface area contributed by atoms with Crippen molar-refractivity contribution in [1.29, 1.82) is 0 Å². The van der Waals surface area contributed by atoms with Crippen molar-refractivity contribution in [1.82, 2.24) is 14.9 Å². The summed E-state index contributed by atoms with van der Waals surface area (Å²) in [7, 11) is 2.11. The molecule has 1 atom stereocenters. The zero-order chi connectivity index (χ0) is 10.9. The van der Waals surface area contributed by atoms with Crippen molar-refractivity contribution in [3.05, 3.63) is 23.8 Å². The first-order chi connectivity index (χ1) is 7.10. The Morgan fingerprint density at radius 3 is 3.00 bits per heavy atom. The Morgan fingerprint density at radius 1 is 1.53 bits per heavy atom. The van der Waals surface area contributed by atoms with Crippen LogP contribution in [0.4, 0.5) is 0 Å². The largest absolute Gasteiger partial charge is 0.366 e. The third-order valence-corrected chi connectivity index (χ3v) is 2.78. The fourth-order valence-corrected chi connectivity index (χ4v) is 1.97. The summed E-state index contributed by atoms with van der Waals surface area (Å²) in [6.07, 6.45) is 1.79. The molecule has 15 heavy (non-hydrogen) atoms. The third-order valence-electron chi connectivity index (χ3n) is 2.78. The number of rotatable bonds is 1. The van der Waals surface area contributed by atoms with Gasteiger partial charge in [0.15, 0.2) is 0 Å². The Hall–Kier alpha value is -1.00. The van der Waals surface area contributed by atoms with Gasteiger partial charge in [0.05, 0.1) is 12.3 Å². The van der Waals surface area contributed by atoms with Gasteiger partial charge in [0.2, 0.25) is 0 Å². The molecular weight excluding hydrogens is 190 g/mol. The van der Waals surface area contributed by atoms with Crippen molar-refractivity contribution >= 4 is 0 Å². The first-order valence-electron chi connectivity index (χ1n) is 5.23. The van der Waals surface area contributed by atoms with Crippen LogP contribution in [0.2, 0.25) is 0 Å². The Morgan fingerprint density at radius 2 is 2.33 bits per heavy atom. The standard InChI is InChI=1S/C11H17N3O/c1-9-12-5-4-10(13-9)11(2)8-14(3)6-7-15-11/h4-5H,6-8H2,1-3H3. The van der Waals surface area contributed by atoms with E-state index in [1.54, 1.807) is 6.20 Å². The second-order valence-electron chi connectivity index (χ2n) is 4.31. The molecule has 4 nitrogen and oxygen atoms in total. The van der Waals surface area contributed by atoms with E-state index in [0.29, 0.717) is 0 Å². The summed E-state index contributed by atoms with van der Waals surface area (Å²) < 4.78 is 5.84. The summed E-state index contributed by atoms with van der Waals surface area (Å²) in [5, 5.41) is 0. The number of hydrogen-bond donors (Lipinski definition) is 0. The molecule has 0 saturated carbocycles. The number of hydrogen-bond acceptors (Lipinski definition) is 4. The lowest BCUT2D eigenvalue weighted by Crippen LogP contribution is -2.46. The zero-order valence-corrected chi connectivity index (χ0v) is 9.53. The zero-order valence-electron chi connectivity index (χ0n) is 9.53. The lowest BCUT2D eigenvalue weighted by atomic mass is 9.99. The minimum Gasteiger partial charge on any atom is -0.366 e. The summed E-state index contributed by atoms with van der Waals surface area (Å²) in [5.74, 6) is 0.797. The second-order valence-corrected chi connectivity index (χ2v) is 4.31. The third kappa shape index (κ3) is 2.16. The van der Waals surface area contributed by atoms with Gasteiger partial charge in [-0.25, -0.2) is 9.97 Å². The van der Waals surface area contributed by atoms with Gasteiger partial charge in [-0.2, -0.15) is 0 Å². The first-order valence-corrected chi connectivity index (χ1v) is 5.23. The minimum absolute atomic E-state index is 0.291. The Balaban J connectivity index is 2.28. The van der Waals surface area contributed by atoms with Gasteiger partial charge in [0, 0.05) is 19.3 Å². The monoisotopic (exact) mass is 207 g/mol. The van der Waals surface area contributed by atoms with E-state index in [-0.39, 0.29) is 5.60 Å². The first kappa shape index (κ1) is 10.5. The van der Waals surface area contributed by atoms with E-state index in [4.69, 9.17) is 4.74 Å². The number of aryl methyl sites for hydroxylation is 1. The summed E-state index contributed by atoms with van der Waals surface area (Å²) in [5.41, 5.74) is 0.683. The molecular formula is C11H17N3O. The van der Waals surface area contributed by atoms with Gasteiger partial charge in [-0.3, -0.25) is 0 Å². The lowest BCUT2D eigenvalue weighted by molar-refractivity contribution is -0.0989. The second kappa shape index (κ2) is 3.87. The van der Waals surface area contributed by atoms with Gasteiger partial charge < -0.3 is 9.64 Å². The predicted molar refractivity (Wildman–Crippen MR) is 57.6 cm³/mol. The van der Waals surface area contributed by atoms with Crippen molar-refractivity contribution in [2.75, 3.05) is 26.7 Å².